The fourth-order valence-electron chi connectivity index (χ4n) is 2.88. The van der Waals surface area contributed by atoms with Gasteiger partial charge < -0.3 is 20.7 Å². The zero-order valence-corrected chi connectivity index (χ0v) is 16.2. The van der Waals surface area contributed by atoms with Crippen molar-refractivity contribution >= 4 is 17.7 Å². The number of nitrogens with two attached hydrogens (primary N) is 1. The minimum atomic E-state index is -0.543. The Labute approximate surface area is 160 Å². The van der Waals surface area contributed by atoms with E-state index >= 15 is 0 Å². The second-order valence-electron chi connectivity index (χ2n) is 7.38. The Morgan fingerprint density at radius 1 is 1.22 bits per heavy atom. The molecular weight excluding hydrogens is 346 g/mol. The first kappa shape index (κ1) is 20.7. The highest BCUT2D eigenvalue weighted by molar-refractivity contribution is 5.93. The monoisotopic (exact) mass is 375 g/mol. The van der Waals surface area contributed by atoms with E-state index in [2.05, 4.69) is 19.2 Å². The van der Waals surface area contributed by atoms with Gasteiger partial charge in [0.15, 0.2) is 6.61 Å². The number of amides is 3. The molecule has 0 bridgehead atoms. The average molecular weight is 375 g/mol. The van der Waals surface area contributed by atoms with Gasteiger partial charge in [0.25, 0.3) is 5.91 Å². The Bertz CT molecular complexity index is 682. The van der Waals surface area contributed by atoms with Crippen molar-refractivity contribution in [3.63, 3.8) is 0 Å². The quantitative estimate of drug-likeness (QED) is 0.755. The SMILES string of the molecule is CC(C)C(C)NC(=O)C1CCN(C(=O)COc2cccc(C(N)=O)c2)CC1. The van der Waals surface area contributed by atoms with Gasteiger partial charge in [0, 0.05) is 30.6 Å². The van der Waals surface area contributed by atoms with Crippen LogP contribution in [0, 0.1) is 11.8 Å². The number of rotatable bonds is 7. The van der Waals surface area contributed by atoms with Gasteiger partial charge in [0.05, 0.1) is 0 Å². The summed E-state index contributed by atoms with van der Waals surface area (Å²) >= 11 is 0. The number of likely N-dealkylation sites (tertiary alicyclic amines) is 1. The van der Waals surface area contributed by atoms with Gasteiger partial charge in [-0.1, -0.05) is 19.9 Å². The summed E-state index contributed by atoms with van der Waals surface area (Å²) in [6.07, 6.45) is 1.30. The highest BCUT2D eigenvalue weighted by Gasteiger charge is 2.28. The normalized spacial score (nSPS) is 16.1. The van der Waals surface area contributed by atoms with Crippen LogP contribution in [0.15, 0.2) is 24.3 Å². The first-order chi connectivity index (χ1) is 12.8. The molecule has 1 aliphatic heterocycles. The van der Waals surface area contributed by atoms with Crippen molar-refractivity contribution in [2.24, 2.45) is 17.6 Å². The Balaban J connectivity index is 1.79. The van der Waals surface area contributed by atoms with Crippen molar-refractivity contribution in [2.75, 3.05) is 19.7 Å². The van der Waals surface area contributed by atoms with Crippen molar-refractivity contribution in [1.29, 1.82) is 0 Å². The van der Waals surface area contributed by atoms with E-state index in [0.29, 0.717) is 43.2 Å². The molecule has 1 saturated heterocycles. The predicted octanol–water partition coefficient (Wildman–Crippen LogP) is 1.56. The molecule has 1 unspecified atom stereocenters. The van der Waals surface area contributed by atoms with Crippen molar-refractivity contribution in [2.45, 2.75) is 39.7 Å². The highest BCUT2D eigenvalue weighted by Crippen LogP contribution is 2.19. The van der Waals surface area contributed by atoms with Gasteiger partial charge in [-0.25, -0.2) is 0 Å². The molecule has 1 heterocycles. The number of carbonyl (C=O) groups is 3. The maximum absolute atomic E-state index is 12.3. The molecule has 1 aromatic carbocycles. The topological polar surface area (TPSA) is 102 Å². The first-order valence-corrected chi connectivity index (χ1v) is 9.38. The standard InChI is InChI=1S/C20H29N3O4/c1-13(2)14(3)22-20(26)15-7-9-23(10-8-15)18(24)12-27-17-6-4-5-16(11-17)19(21)25/h4-6,11,13-15H,7-10,12H2,1-3H3,(H2,21,25)(H,22,26). The number of nitrogens with one attached hydrogen (secondary N) is 1. The summed E-state index contributed by atoms with van der Waals surface area (Å²) in [7, 11) is 0. The largest absolute Gasteiger partial charge is 0.484 e. The number of piperidine rings is 1. The lowest BCUT2D eigenvalue weighted by Gasteiger charge is -2.32. The number of hydrogen-bond donors (Lipinski definition) is 2. The summed E-state index contributed by atoms with van der Waals surface area (Å²) in [5, 5.41) is 3.05. The number of benzene rings is 1. The summed E-state index contributed by atoms with van der Waals surface area (Å²) in [5.74, 6) is 0.163. The van der Waals surface area contributed by atoms with Crippen LogP contribution in [0.1, 0.15) is 44.0 Å². The van der Waals surface area contributed by atoms with E-state index < -0.39 is 5.91 Å². The molecule has 1 aromatic rings. The molecule has 7 heteroatoms. The van der Waals surface area contributed by atoms with Gasteiger partial charge in [0.1, 0.15) is 5.75 Å². The minimum absolute atomic E-state index is 0.0524. The Morgan fingerprint density at radius 3 is 2.48 bits per heavy atom. The number of primary amides is 1. The van der Waals surface area contributed by atoms with Crippen LogP contribution in [-0.4, -0.2) is 48.4 Å². The molecule has 1 atom stereocenters. The number of ether oxygens (including phenoxy) is 1. The summed E-state index contributed by atoms with van der Waals surface area (Å²) < 4.78 is 5.49. The maximum atomic E-state index is 12.3. The summed E-state index contributed by atoms with van der Waals surface area (Å²) in [4.78, 5) is 37.6. The molecule has 3 amide bonds. The summed E-state index contributed by atoms with van der Waals surface area (Å²) in [6.45, 7) is 7.13. The lowest BCUT2D eigenvalue weighted by molar-refractivity contribution is -0.137. The van der Waals surface area contributed by atoms with E-state index in [1.165, 1.54) is 6.07 Å². The second kappa shape index (κ2) is 9.39. The third-order valence-electron chi connectivity index (χ3n) is 5.07. The fraction of sp³-hybridized carbons (Fsp3) is 0.550. The molecule has 0 saturated carbocycles. The van der Waals surface area contributed by atoms with Crippen LogP contribution in [0.3, 0.4) is 0 Å². The molecule has 0 spiro atoms. The van der Waals surface area contributed by atoms with Gasteiger partial charge in [-0.05, 0) is 43.9 Å². The van der Waals surface area contributed by atoms with Gasteiger partial charge in [0.2, 0.25) is 11.8 Å². The number of carbonyl (C=O) groups excluding carboxylic acids is 3. The van der Waals surface area contributed by atoms with E-state index in [1.54, 1.807) is 23.1 Å². The van der Waals surface area contributed by atoms with E-state index in [0.717, 1.165) is 0 Å². The molecule has 2 rings (SSSR count). The molecule has 0 radical (unpaired) electrons. The predicted molar refractivity (Wildman–Crippen MR) is 102 cm³/mol. The summed E-state index contributed by atoms with van der Waals surface area (Å²) in [5.41, 5.74) is 5.57. The first-order valence-electron chi connectivity index (χ1n) is 9.38. The van der Waals surface area contributed by atoms with E-state index in [9.17, 15) is 14.4 Å². The third kappa shape index (κ3) is 5.98. The van der Waals surface area contributed by atoms with E-state index in [1.807, 2.05) is 6.92 Å². The Kier molecular flexibility index (Phi) is 7.21. The minimum Gasteiger partial charge on any atom is -0.484 e. The average Bonchev–Trinajstić information content (AvgIpc) is 2.66. The van der Waals surface area contributed by atoms with Crippen LogP contribution < -0.4 is 15.8 Å². The molecule has 3 N–H and O–H groups in total. The van der Waals surface area contributed by atoms with Crippen LogP contribution in [0.4, 0.5) is 0 Å². The zero-order valence-electron chi connectivity index (χ0n) is 16.2. The van der Waals surface area contributed by atoms with Crippen LogP contribution in [-0.2, 0) is 9.59 Å². The van der Waals surface area contributed by atoms with Gasteiger partial charge >= 0.3 is 0 Å². The number of nitrogens with zero attached hydrogens (tertiary/aromatic N) is 1. The van der Waals surface area contributed by atoms with E-state index in [4.69, 9.17) is 10.5 Å². The molecule has 1 fully saturated rings. The highest BCUT2D eigenvalue weighted by atomic mass is 16.5. The molecule has 27 heavy (non-hydrogen) atoms. The number of hydrogen-bond acceptors (Lipinski definition) is 4. The molecular formula is C20H29N3O4. The van der Waals surface area contributed by atoms with Gasteiger partial charge in [-0.15, -0.1) is 0 Å². The van der Waals surface area contributed by atoms with Crippen LogP contribution in [0.25, 0.3) is 0 Å². The molecule has 148 valence electrons. The van der Waals surface area contributed by atoms with Crippen LogP contribution >= 0.6 is 0 Å². The van der Waals surface area contributed by atoms with Gasteiger partial charge in [-0.3, -0.25) is 14.4 Å². The Morgan fingerprint density at radius 2 is 1.89 bits per heavy atom. The lowest BCUT2D eigenvalue weighted by Crippen LogP contribution is -2.46. The van der Waals surface area contributed by atoms with Crippen molar-refractivity contribution < 1.29 is 19.1 Å². The van der Waals surface area contributed by atoms with Crippen molar-refractivity contribution in [3.8, 4) is 5.75 Å². The lowest BCUT2D eigenvalue weighted by atomic mass is 9.95. The van der Waals surface area contributed by atoms with Crippen LogP contribution in [0.2, 0.25) is 0 Å². The molecule has 1 aliphatic rings. The molecule has 7 nitrogen and oxygen atoms in total. The second-order valence-corrected chi connectivity index (χ2v) is 7.38. The molecule has 0 aromatic heterocycles. The van der Waals surface area contributed by atoms with Gasteiger partial charge in [-0.2, -0.15) is 0 Å². The summed E-state index contributed by atoms with van der Waals surface area (Å²) in [6, 6.07) is 6.57. The maximum Gasteiger partial charge on any atom is 0.260 e. The zero-order chi connectivity index (χ0) is 20.0. The van der Waals surface area contributed by atoms with E-state index in [-0.39, 0.29) is 30.4 Å². The molecule has 0 aliphatic carbocycles. The van der Waals surface area contributed by atoms with Crippen molar-refractivity contribution in [3.05, 3.63) is 29.8 Å². The third-order valence-corrected chi connectivity index (χ3v) is 5.07. The Hall–Kier alpha value is -2.57. The fourth-order valence-corrected chi connectivity index (χ4v) is 2.88. The van der Waals surface area contributed by atoms with Crippen LogP contribution in [0.5, 0.6) is 5.75 Å². The van der Waals surface area contributed by atoms with Crippen molar-refractivity contribution in [1.82, 2.24) is 10.2 Å². The smallest absolute Gasteiger partial charge is 0.260 e.